The topological polar surface area (TPSA) is 84.0 Å². The van der Waals surface area contributed by atoms with Crippen LogP contribution in [0.2, 0.25) is 5.02 Å². The number of aromatic nitrogens is 3. The normalized spacial score (nSPS) is 10.3. The van der Waals surface area contributed by atoms with E-state index >= 15 is 0 Å². The molecule has 132 valence electrons. The molecule has 9 heteroatoms. The number of hydrogen-bond acceptors (Lipinski definition) is 6. The van der Waals surface area contributed by atoms with Crippen LogP contribution in [0.25, 0.3) is 0 Å². The molecule has 0 radical (unpaired) electrons. The van der Waals surface area contributed by atoms with Gasteiger partial charge in [-0.05, 0) is 24.3 Å². The first-order valence-corrected chi connectivity index (χ1v) is 8.88. The number of nitrogens with zero attached hydrogens (tertiary/aromatic N) is 5. The molecule has 0 atom stereocenters. The van der Waals surface area contributed by atoms with Gasteiger partial charge >= 0.3 is 0 Å². The predicted molar refractivity (Wildman–Crippen MR) is 95.4 cm³/mol. The van der Waals surface area contributed by atoms with Crippen molar-refractivity contribution in [2.75, 3.05) is 19.3 Å². The highest BCUT2D eigenvalue weighted by Crippen LogP contribution is 2.19. The van der Waals surface area contributed by atoms with E-state index in [9.17, 15) is 4.79 Å². The maximum Gasteiger partial charge on any atom is 0.232 e. The van der Waals surface area contributed by atoms with Crippen LogP contribution in [-0.4, -0.2) is 44.9 Å². The van der Waals surface area contributed by atoms with Gasteiger partial charge in [-0.3, -0.25) is 4.79 Å². The average molecular weight is 380 g/mol. The molecule has 0 aliphatic heterocycles. The van der Waals surface area contributed by atoms with Gasteiger partial charge in [0, 0.05) is 25.7 Å². The minimum absolute atomic E-state index is 0.0535. The standard InChI is InChI=1S/C16H18ClN5O2S/c1-21(9-3-8-18)15(23)11-25-16-20-19-14(22(16)2)10-24-13-6-4-12(17)5-7-13/h4-7H,3,9-11H2,1-2H3. The van der Waals surface area contributed by atoms with Crippen molar-refractivity contribution in [2.45, 2.75) is 18.2 Å². The molecular weight excluding hydrogens is 362 g/mol. The first-order chi connectivity index (χ1) is 12.0. The number of halogens is 1. The maximum atomic E-state index is 12.0. The fourth-order valence-corrected chi connectivity index (χ4v) is 2.85. The Morgan fingerprint density at radius 3 is 2.80 bits per heavy atom. The SMILES string of the molecule is CN(CCC#N)C(=O)CSc1nnc(COc2ccc(Cl)cc2)n1C. The molecule has 1 heterocycles. The highest BCUT2D eigenvalue weighted by atomic mass is 35.5. The van der Waals surface area contributed by atoms with E-state index in [1.807, 2.05) is 13.1 Å². The molecule has 0 unspecified atom stereocenters. The summed E-state index contributed by atoms with van der Waals surface area (Å²) in [5, 5.41) is 18.0. The zero-order valence-corrected chi connectivity index (χ0v) is 15.5. The van der Waals surface area contributed by atoms with Gasteiger partial charge in [0.1, 0.15) is 12.4 Å². The van der Waals surface area contributed by atoms with E-state index in [4.69, 9.17) is 21.6 Å². The van der Waals surface area contributed by atoms with Crippen molar-refractivity contribution in [1.29, 1.82) is 5.26 Å². The number of rotatable bonds is 8. The molecule has 2 aromatic rings. The lowest BCUT2D eigenvalue weighted by Crippen LogP contribution is -2.29. The average Bonchev–Trinajstić information content (AvgIpc) is 2.97. The summed E-state index contributed by atoms with van der Waals surface area (Å²) in [5.74, 6) is 1.53. The van der Waals surface area contributed by atoms with Gasteiger partial charge in [0.05, 0.1) is 18.2 Å². The highest BCUT2D eigenvalue weighted by molar-refractivity contribution is 7.99. The Bertz CT molecular complexity index is 757. The molecule has 0 N–H and O–H groups in total. The molecule has 0 fully saturated rings. The van der Waals surface area contributed by atoms with E-state index in [1.54, 1.807) is 35.9 Å². The van der Waals surface area contributed by atoms with Crippen LogP contribution in [0.5, 0.6) is 5.75 Å². The Morgan fingerprint density at radius 1 is 1.40 bits per heavy atom. The summed E-state index contributed by atoms with van der Waals surface area (Å²) in [6.45, 7) is 0.691. The molecule has 1 amide bonds. The molecule has 0 bridgehead atoms. The fraction of sp³-hybridized carbons (Fsp3) is 0.375. The molecule has 1 aromatic heterocycles. The number of nitriles is 1. The largest absolute Gasteiger partial charge is 0.486 e. The van der Waals surface area contributed by atoms with E-state index in [0.717, 1.165) is 0 Å². The molecule has 0 saturated carbocycles. The van der Waals surface area contributed by atoms with Crippen molar-refractivity contribution in [3.63, 3.8) is 0 Å². The zero-order valence-electron chi connectivity index (χ0n) is 14.0. The molecular formula is C16H18ClN5O2S. The van der Waals surface area contributed by atoms with Crippen LogP contribution >= 0.6 is 23.4 Å². The van der Waals surface area contributed by atoms with Crippen LogP contribution in [-0.2, 0) is 18.4 Å². The third kappa shape index (κ3) is 5.66. The van der Waals surface area contributed by atoms with Crippen molar-refractivity contribution in [3.8, 4) is 11.8 Å². The lowest BCUT2D eigenvalue weighted by atomic mass is 10.3. The minimum atomic E-state index is -0.0535. The molecule has 0 aliphatic rings. The van der Waals surface area contributed by atoms with Crippen molar-refractivity contribution in [2.24, 2.45) is 7.05 Å². The van der Waals surface area contributed by atoms with Gasteiger partial charge in [0.25, 0.3) is 0 Å². The van der Waals surface area contributed by atoms with Crippen LogP contribution in [0.3, 0.4) is 0 Å². The van der Waals surface area contributed by atoms with Crippen molar-refractivity contribution < 1.29 is 9.53 Å². The third-order valence-electron chi connectivity index (χ3n) is 3.42. The van der Waals surface area contributed by atoms with E-state index in [1.165, 1.54) is 16.7 Å². The Balaban J connectivity index is 1.86. The molecule has 7 nitrogen and oxygen atoms in total. The summed E-state index contributed by atoms with van der Waals surface area (Å²) >= 11 is 7.14. The third-order valence-corrected chi connectivity index (χ3v) is 4.67. The lowest BCUT2D eigenvalue weighted by Gasteiger charge is -2.14. The summed E-state index contributed by atoms with van der Waals surface area (Å²) in [4.78, 5) is 13.5. The maximum absolute atomic E-state index is 12.0. The summed E-state index contributed by atoms with van der Waals surface area (Å²) < 4.78 is 7.45. The Kier molecular flexibility index (Phi) is 7.10. The van der Waals surface area contributed by atoms with Crippen LogP contribution in [0.1, 0.15) is 12.2 Å². The Labute approximate surface area is 155 Å². The molecule has 2 rings (SSSR count). The van der Waals surface area contributed by atoms with Gasteiger partial charge in [-0.2, -0.15) is 5.26 Å². The highest BCUT2D eigenvalue weighted by Gasteiger charge is 2.14. The number of carbonyl (C=O) groups is 1. The zero-order chi connectivity index (χ0) is 18.2. The Morgan fingerprint density at radius 2 is 2.12 bits per heavy atom. The predicted octanol–water partition coefficient (Wildman–Crippen LogP) is 2.51. The van der Waals surface area contributed by atoms with Crippen LogP contribution in [0.4, 0.5) is 0 Å². The summed E-state index contributed by atoms with van der Waals surface area (Å²) in [6, 6.07) is 9.09. The van der Waals surface area contributed by atoms with E-state index in [2.05, 4.69) is 10.2 Å². The van der Waals surface area contributed by atoms with E-state index in [0.29, 0.717) is 34.7 Å². The molecule has 0 aliphatic carbocycles. The first kappa shape index (κ1) is 19.1. The quantitative estimate of drug-likeness (QED) is 0.655. The van der Waals surface area contributed by atoms with Crippen LogP contribution < -0.4 is 4.74 Å². The minimum Gasteiger partial charge on any atom is -0.486 e. The van der Waals surface area contributed by atoms with E-state index < -0.39 is 0 Å². The van der Waals surface area contributed by atoms with Gasteiger partial charge < -0.3 is 14.2 Å². The number of hydrogen-bond donors (Lipinski definition) is 0. The second kappa shape index (κ2) is 9.30. The second-order valence-electron chi connectivity index (χ2n) is 5.21. The van der Waals surface area contributed by atoms with Gasteiger partial charge in [-0.25, -0.2) is 0 Å². The number of ether oxygens (including phenoxy) is 1. The summed E-state index contributed by atoms with van der Waals surface area (Å²) in [7, 11) is 3.51. The van der Waals surface area contributed by atoms with Crippen LogP contribution in [0, 0.1) is 11.3 Å². The number of benzene rings is 1. The number of thioether (sulfide) groups is 1. The fourth-order valence-electron chi connectivity index (χ4n) is 1.85. The van der Waals surface area contributed by atoms with Crippen LogP contribution in [0.15, 0.2) is 29.4 Å². The van der Waals surface area contributed by atoms with Gasteiger partial charge in [0.2, 0.25) is 5.91 Å². The molecule has 0 spiro atoms. The van der Waals surface area contributed by atoms with Crippen molar-refractivity contribution in [3.05, 3.63) is 35.1 Å². The van der Waals surface area contributed by atoms with Gasteiger partial charge in [-0.1, -0.05) is 23.4 Å². The van der Waals surface area contributed by atoms with E-state index in [-0.39, 0.29) is 18.3 Å². The number of amides is 1. The van der Waals surface area contributed by atoms with Crippen molar-refractivity contribution in [1.82, 2.24) is 19.7 Å². The first-order valence-electron chi connectivity index (χ1n) is 7.51. The summed E-state index contributed by atoms with van der Waals surface area (Å²) in [6.07, 6.45) is 0.322. The van der Waals surface area contributed by atoms with Crippen molar-refractivity contribution >= 4 is 29.3 Å². The second-order valence-corrected chi connectivity index (χ2v) is 6.59. The summed E-state index contributed by atoms with van der Waals surface area (Å²) in [5.41, 5.74) is 0. The lowest BCUT2D eigenvalue weighted by molar-refractivity contribution is -0.127. The monoisotopic (exact) mass is 379 g/mol. The molecule has 1 aromatic carbocycles. The molecule has 25 heavy (non-hydrogen) atoms. The van der Waals surface area contributed by atoms with Gasteiger partial charge in [0.15, 0.2) is 11.0 Å². The number of carbonyl (C=O) groups excluding carboxylic acids is 1. The molecule has 0 saturated heterocycles. The smallest absolute Gasteiger partial charge is 0.232 e. The Hall–Kier alpha value is -2.24. The van der Waals surface area contributed by atoms with Gasteiger partial charge in [-0.15, -0.1) is 10.2 Å².